The van der Waals surface area contributed by atoms with Crippen molar-refractivity contribution >= 4 is 11.8 Å². The van der Waals surface area contributed by atoms with Crippen molar-refractivity contribution in [2.75, 3.05) is 13.2 Å². The number of amides is 2. The molecule has 3 unspecified atom stereocenters. The Bertz CT molecular complexity index is 361. The topological polar surface area (TPSA) is 58.6 Å². The van der Waals surface area contributed by atoms with Crippen LogP contribution in [0.25, 0.3) is 0 Å². The average Bonchev–Trinajstić information content (AvgIpc) is 3.07. The van der Waals surface area contributed by atoms with Crippen molar-refractivity contribution < 1.29 is 14.3 Å². The van der Waals surface area contributed by atoms with Crippen molar-refractivity contribution in [3.63, 3.8) is 0 Å². The standard InChI is InChI=1S/C13H20N2O3/c1-8-12(16)14-11(9-4-5-9)13(17)15(8)7-10-3-2-6-18-10/h8-11H,2-7H2,1H3,(H,14,16). The zero-order valence-corrected chi connectivity index (χ0v) is 10.7. The highest BCUT2D eigenvalue weighted by atomic mass is 16.5. The van der Waals surface area contributed by atoms with Crippen molar-refractivity contribution in [3.05, 3.63) is 0 Å². The lowest BCUT2D eigenvalue weighted by atomic mass is 10.0. The van der Waals surface area contributed by atoms with Crippen molar-refractivity contribution in [2.24, 2.45) is 5.92 Å². The molecule has 3 aliphatic rings. The molecule has 2 heterocycles. The lowest BCUT2D eigenvalue weighted by Crippen LogP contribution is -2.64. The van der Waals surface area contributed by atoms with Gasteiger partial charge in [-0.15, -0.1) is 0 Å². The fourth-order valence-corrected chi connectivity index (χ4v) is 2.85. The highest BCUT2D eigenvalue weighted by Gasteiger charge is 2.46. The number of piperazine rings is 1. The van der Waals surface area contributed by atoms with Crippen LogP contribution in [0.4, 0.5) is 0 Å². The van der Waals surface area contributed by atoms with E-state index in [1.54, 1.807) is 11.8 Å². The van der Waals surface area contributed by atoms with E-state index in [4.69, 9.17) is 4.74 Å². The minimum absolute atomic E-state index is 0.0236. The minimum atomic E-state index is -0.364. The molecule has 1 saturated carbocycles. The van der Waals surface area contributed by atoms with E-state index in [9.17, 15) is 9.59 Å². The van der Waals surface area contributed by atoms with Gasteiger partial charge in [-0.3, -0.25) is 9.59 Å². The molecule has 0 radical (unpaired) electrons. The molecule has 0 aromatic rings. The SMILES string of the molecule is CC1C(=O)NC(C2CC2)C(=O)N1CC1CCCO1. The summed E-state index contributed by atoms with van der Waals surface area (Å²) in [5.74, 6) is 0.422. The van der Waals surface area contributed by atoms with Gasteiger partial charge in [-0.25, -0.2) is 0 Å². The number of hydrogen-bond acceptors (Lipinski definition) is 3. The summed E-state index contributed by atoms with van der Waals surface area (Å²) < 4.78 is 5.57. The quantitative estimate of drug-likeness (QED) is 0.785. The first-order valence-corrected chi connectivity index (χ1v) is 6.89. The van der Waals surface area contributed by atoms with Crippen LogP contribution in [-0.2, 0) is 14.3 Å². The molecule has 5 heteroatoms. The highest BCUT2D eigenvalue weighted by molar-refractivity contribution is 5.97. The first-order chi connectivity index (χ1) is 8.66. The van der Waals surface area contributed by atoms with Gasteiger partial charge in [-0.2, -0.15) is 0 Å². The number of nitrogens with zero attached hydrogens (tertiary/aromatic N) is 1. The molecule has 0 aromatic carbocycles. The van der Waals surface area contributed by atoms with E-state index < -0.39 is 0 Å². The summed E-state index contributed by atoms with van der Waals surface area (Å²) >= 11 is 0. The maximum absolute atomic E-state index is 12.4. The summed E-state index contributed by atoms with van der Waals surface area (Å²) in [6, 6.07) is -0.646. The Morgan fingerprint density at radius 1 is 1.33 bits per heavy atom. The lowest BCUT2D eigenvalue weighted by molar-refractivity contribution is -0.150. The Morgan fingerprint density at radius 3 is 2.72 bits per heavy atom. The van der Waals surface area contributed by atoms with Crippen LogP contribution in [0.1, 0.15) is 32.6 Å². The summed E-state index contributed by atoms with van der Waals surface area (Å²) in [5.41, 5.74) is 0. The second-order valence-corrected chi connectivity index (χ2v) is 5.63. The van der Waals surface area contributed by atoms with Gasteiger partial charge in [0.25, 0.3) is 0 Å². The Morgan fingerprint density at radius 2 is 2.11 bits per heavy atom. The maximum atomic E-state index is 12.4. The smallest absolute Gasteiger partial charge is 0.246 e. The van der Waals surface area contributed by atoms with Crippen LogP contribution in [0.2, 0.25) is 0 Å². The van der Waals surface area contributed by atoms with Crippen LogP contribution in [0.3, 0.4) is 0 Å². The molecule has 18 heavy (non-hydrogen) atoms. The molecule has 2 saturated heterocycles. The van der Waals surface area contributed by atoms with Gasteiger partial charge in [0.15, 0.2) is 0 Å². The van der Waals surface area contributed by atoms with Crippen molar-refractivity contribution in [3.8, 4) is 0 Å². The van der Waals surface area contributed by atoms with Crippen LogP contribution in [0, 0.1) is 5.92 Å². The number of nitrogens with one attached hydrogen (secondary N) is 1. The van der Waals surface area contributed by atoms with Gasteiger partial charge in [-0.05, 0) is 38.5 Å². The fourth-order valence-electron chi connectivity index (χ4n) is 2.85. The predicted molar refractivity (Wildman–Crippen MR) is 64.8 cm³/mol. The third kappa shape index (κ3) is 2.11. The molecule has 3 atom stereocenters. The minimum Gasteiger partial charge on any atom is -0.376 e. The number of hydrogen-bond donors (Lipinski definition) is 1. The van der Waals surface area contributed by atoms with Gasteiger partial charge in [0, 0.05) is 13.2 Å². The first kappa shape index (κ1) is 12.0. The molecule has 2 amide bonds. The highest BCUT2D eigenvalue weighted by Crippen LogP contribution is 2.35. The molecule has 3 fully saturated rings. The second kappa shape index (κ2) is 4.53. The molecular weight excluding hydrogens is 232 g/mol. The van der Waals surface area contributed by atoms with E-state index in [-0.39, 0.29) is 30.0 Å². The number of ether oxygens (including phenoxy) is 1. The Hall–Kier alpha value is -1.10. The van der Waals surface area contributed by atoms with E-state index in [0.29, 0.717) is 12.5 Å². The van der Waals surface area contributed by atoms with Crippen LogP contribution in [-0.4, -0.2) is 48.1 Å². The number of rotatable bonds is 3. The zero-order chi connectivity index (χ0) is 12.7. The van der Waals surface area contributed by atoms with Crippen LogP contribution < -0.4 is 5.32 Å². The van der Waals surface area contributed by atoms with Crippen molar-refractivity contribution in [1.29, 1.82) is 0 Å². The predicted octanol–water partition coefficient (Wildman–Crippen LogP) is 0.291. The van der Waals surface area contributed by atoms with Gasteiger partial charge in [0.1, 0.15) is 12.1 Å². The summed E-state index contributed by atoms with van der Waals surface area (Å²) in [6.07, 6.45) is 4.27. The number of carbonyl (C=O) groups excluding carboxylic acids is 2. The third-order valence-corrected chi connectivity index (χ3v) is 4.21. The summed E-state index contributed by atoms with van der Waals surface area (Å²) in [6.45, 7) is 3.14. The summed E-state index contributed by atoms with van der Waals surface area (Å²) in [4.78, 5) is 26.0. The van der Waals surface area contributed by atoms with Crippen molar-refractivity contribution in [1.82, 2.24) is 10.2 Å². The van der Waals surface area contributed by atoms with Gasteiger partial charge in [0.2, 0.25) is 11.8 Å². The molecule has 0 bridgehead atoms. The molecule has 3 rings (SSSR count). The van der Waals surface area contributed by atoms with Crippen LogP contribution >= 0.6 is 0 Å². The monoisotopic (exact) mass is 252 g/mol. The second-order valence-electron chi connectivity index (χ2n) is 5.63. The van der Waals surface area contributed by atoms with E-state index in [0.717, 1.165) is 32.3 Å². The molecular formula is C13H20N2O3. The molecule has 100 valence electrons. The molecule has 1 N–H and O–H groups in total. The fraction of sp³-hybridized carbons (Fsp3) is 0.846. The Kier molecular flexibility index (Phi) is 3.01. The molecule has 0 spiro atoms. The largest absolute Gasteiger partial charge is 0.376 e. The maximum Gasteiger partial charge on any atom is 0.246 e. The van der Waals surface area contributed by atoms with Crippen LogP contribution in [0.15, 0.2) is 0 Å². The van der Waals surface area contributed by atoms with Gasteiger partial charge in [0.05, 0.1) is 6.10 Å². The van der Waals surface area contributed by atoms with E-state index in [1.165, 1.54) is 0 Å². The van der Waals surface area contributed by atoms with Crippen molar-refractivity contribution in [2.45, 2.75) is 50.8 Å². The third-order valence-electron chi connectivity index (χ3n) is 4.21. The molecule has 0 aromatic heterocycles. The Balaban J connectivity index is 1.71. The van der Waals surface area contributed by atoms with E-state index in [2.05, 4.69) is 5.32 Å². The number of carbonyl (C=O) groups is 2. The van der Waals surface area contributed by atoms with E-state index >= 15 is 0 Å². The van der Waals surface area contributed by atoms with Crippen LogP contribution in [0.5, 0.6) is 0 Å². The van der Waals surface area contributed by atoms with Gasteiger partial charge >= 0.3 is 0 Å². The summed E-state index contributed by atoms with van der Waals surface area (Å²) in [5, 5.41) is 2.86. The average molecular weight is 252 g/mol. The van der Waals surface area contributed by atoms with E-state index in [1.807, 2.05) is 0 Å². The van der Waals surface area contributed by atoms with Gasteiger partial charge in [-0.1, -0.05) is 0 Å². The molecule has 5 nitrogen and oxygen atoms in total. The Labute approximate surface area is 107 Å². The zero-order valence-electron chi connectivity index (χ0n) is 10.7. The molecule has 1 aliphatic carbocycles. The first-order valence-electron chi connectivity index (χ1n) is 6.89. The normalized spacial score (nSPS) is 36.9. The lowest BCUT2D eigenvalue weighted by Gasteiger charge is -2.38. The summed E-state index contributed by atoms with van der Waals surface area (Å²) in [7, 11) is 0. The molecule has 2 aliphatic heterocycles. The van der Waals surface area contributed by atoms with Gasteiger partial charge < -0.3 is 15.0 Å².